The highest BCUT2D eigenvalue weighted by molar-refractivity contribution is 6.32. The number of nitrogens with two attached hydrogens (primary N) is 1. The van der Waals surface area contributed by atoms with Crippen LogP contribution >= 0.6 is 11.6 Å². The van der Waals surface area contributed by atoms with Crippen molar-refractivity contribution in [2.24, 2.45) is 0 Å². The fourth-order valence-corrected chi connectivity index (χ4v) is 1.68. The van der Waals surface area contributed by atoms with Crippen molar-refractivity contribution in [3.8, 4) is 17.0 Å². The number of rotatable bonds is 2. The molecule has 0 amide bonds. The monoisotopic (exact) mass is 223 g/mol. The van der Waals surface area contributed by atoms with E-state index < -0.39 is 0 Å². The summed E-state index contributed by atoms with van der Waals surface area (Å²) in [6.07, 6.45) is 1.55. The van der Waals surface area contributed by atoms with Crippen LogP contribution in [0, 0.1) is 0 Å². The zero-order valence-corrected chi connectivity index (χ0v) is 8.88. The Labute approximate surface area is 92.0 Å². The summed E-state index contributed by atoms with van der Waals surface area (Å²) in [7, 11) is 1.57. The van der Waals surface area contributed by atoms with Crippen LogP contribution in [-0.4, -0.2) is 17.3 Å². The summed E-state index contributed by atoms with van der Waals surface area (Å²) >= 11 is 6.00. The second-order valence-corrected chi connectivity index (χ2v) is 3.43. The number of H-pyrrole nitrogens is 1. The molecule has 1 aromatic carbocycles. The Morgan fingerprint density at radius 1 is 1.47 bits per heavy atom. The fourth-order valence-electron chi connectivity index (χ4n) is 1.42. The normalized spacial score (nSPS) is 10.3. The molecule has 0 saturated carbocycles. The van der Waals surface area contributed by atoms with E-state index in [1.807, 2.05) is 12.1 Å². The van der Waals surface area contributed by atoms with Crippen LogP contribution < -0.4 is 10.5 Å². The molecule has 0 spiro atoms. The molecular formula is C10H10ClN3O. The van der Waals surface area contributed by atoms with Gasteiger partial charge in [0, 0.05) is 5.56 Å². The molecule has 0 bridgehead atoms. The predicted molar refractivity (Wildman–Crippen MR) is 60.0 cm³/mol. The van der Waals surface area contributed by atoms with Gasteiger partial charge in [-0.15, -0.1) is 0 Å². The van der Waals surface area contributed by atoms with Gasteiger partial charge in [0.15, 0.2) is 0 Å². The zero-order valence-electron chi connectivity index (χ0n) is 8.12. The third kappa shape index (κ3) is 1.64. The molecule has 1 heterocycles. The third-order valence-corrected chi connectivity index (χ3v) is 2.41. The van der Waals surface area contributed by atoms with E-state index in [4.69, 9.17) is 22.1 Å². The molecule has 3 N–H and O–H groups in total. The van der Waals surface area contributed by atoms with Crippen molar-refractivity contribution in [1.82, 2.24) is 10.2 Å². The molecule has 0 aliphatic carbocycles. The van der Waals surface area contributed by atoms with Gasteiger partial charge in [-0.05, 0) is 12.1 Å². The van der Waals surface area contributed by atoms with Gasteiger partial charge in [0.05, 0.1) is 29.7 Å². The van der Waals surface area contributed by atoms with Crippen LogP contribution in [0.2, 0.25) is 5.02 Å². The Balaban J connectivity index is 2.63. The molecule has 2 rings (SSSR count). The number of hydrogen-bond donors (Lipinski definition) is 2. The maximum atomic E-state index is 6.00. The SMILES string of the molecule is COc1c(Cl)cccc1-c1[nH]ncc1N. The van der Waals surface area contributed by atoms with Gasteiger partial charge in [-0.25, -0.2) is 0 Å². The lowest BCUT2D eigenvalue weighted by molar-refractivity contribution is 0.416. The van der Waals surface area contributed by atoms with Crippen LogP contribution in [0.3, 0.4) is 0 Å². The smallest absolute Gasteiger partial charge is 0.146 e. The first-order valence-corrected chi connectivity index (χ1v) is 4.73. The summed E-state index contributed by atoms with van der Waals surface area (Å²) < 4.78 is 5.22. The van der Waals surface area contributed by atoms with E-state index in [0.717, 1.165) is 5.56 Å². The van der Waals surface area contributed by atoms with E-state index in [-0.39, 0.29) is 0 Å². The first kappa shape index (κ1) is 9.86. The largest absolute Gasteiger partial charge is 0.494 e. The first-order valence-electron chi connectivity index (χ1n) is 4.35. The van der Waals surface area contributed by atoms with Crippen molar-refractivity contribution in [2.75, 3.05) is 12.8 Å². The molecule has 0 atom stereocenters. The maximum Gasteiger partial charge on any atom is 0.146 e. The van der Waals surface area contributed by atoms with E-state index in [1.54, 1.807) is 19.4 Å². The highest BCUT2D eigenvalue weighted by atomic mass is 35.5. The van der Waals surface area contributed by atoms with Gasteiger partial charge < -0.3 is 10.5 Å². The number of aromatic nitrogens is 2. The van der Waals surface area contributed by atoms with Gasteiger partial charge in [0.1, 0.15) is 5.75 Å². The van der Waals surface area contributed by atoms with E-state index in [0.29, 0.717) is 22.2 Å². The molecule has 0 aliphatic heterocycles. The molecule has 0 radical (unpaired) electrons. The second-order valence-electron chi connectivity index (χ2n) is 3.02. The summed E-state index contributed by atoms with van der Waals surface area (Å²) in [5.41, 5.74) is 7.84. The molecular weight excluding hydrogens is 214 g/mol. The van der Waals surface area contributed by atoms with Gasteiger partial charge in [-0.1, -0.05) is 17.7 Å². The van der Waals surface area contributed by atoms with Crippen LogP contribution in [0.5, 0.6) is 5.75 Å². The minimum Gasteiger partial charge on any atom is -0.494 e. The molecule has 15 heavy (non-hydrogen) atoms. The molecule has 0 saturated heterocycles. The van der Waals surface area contributed by atoms with Crippen LogP contribution in [0.25, 0.3) is 11.3 Å². The number of methoxy groups -OCH3 is 1. The quantitative estimate of drug-likeness (QED) is 0.821. The summed E-state index contributed by atoms with van der Waals surface area (Å²) in [5.74, 6) is 0.593. The number of nitrogens with zero attached hydrogens (tertiary/aromatic N) is 1. The van der Waals surface area contributed by atoms with Crippen LogP contribution in [0.15, 0.2) is 24.4 Å². The lowest BCUT2D eigenvalue weighted by Gasteiger charge is -2.08. The molecule has 0 fully saturated rings. The fraction of sp³-hybridized carbons (Fsp3) is 0.100. The maximum absolute atomic E-state index is 6.00. The number of nitrogens with one attached hydrogen (secondary N) is 1. The minimum atomic E-state index is 0.545. The Morgan fingerprint density at radius 3 is 2.87 bits per heavy atom. The topological polar surface area (TPSA) is 63.9 Å². The molecule has 2 aromatic rings. The number of anilines is 1. The summed E-state index contributed by atoms with van der Waals surface area (Å²) in [6, 6.07) is 5.46. The number of nitrogen functional groups attached to an aromatic ring is 1. The lowest BCUT2D eigenvalue weighted by atomic mass is 10.1. The van der Waals surface area contributed by atoms with Crippen molar-refractivity contribution in [1.29, 1.82) is 0 Å². The summed E-state index contributed by atoms with van der Waals surface area (Å²) in [5, 5.41) is 7.21. The standard InChI is InChI=1S/C10H10ClN3O/c1-15-10-6(3-2-4-7(10)11)9-8(12)5-13-14-9/h2-5H,12H2,1H3,(H,13,14). The van der Waals surface area contributed by atoms with Crippen LogP contribution in [0.1, 0.15) is 0 Å². The number of benzene rings is 1. The highest BCUT2D eigenvalue weighted by Crippen LogP contribution is 2.36. The van der Waals surface area contributed by atoms with Crippen molar-refractivity contribution in [3.63, 3.8) is 0 Å². The van der Waals surface area contributed by atoms with Crippen molar-refractivity contribution < 1.29 is 4.74 Å². The number of ether oxygens (including phenoxy) is 1. The van der Waals surface area contributed by atoms with Crippen LogP contribution in [-0.2, 0) is 0 Å². The zero-order chi connectivity index (χ0) is 10.8. The molecule has 1 aromatic heterocycles. The third-order valence-electron chi connectivity index (χ3n) is 2.11. The average Bonchev–Trinajstić information content (AvgIpc) is 2.64. The Kier molecular flexibility index (Phi) is 2.51. The predicted octanol–water partition coefficient (Wildman–Crippen LogP) is 2.32. The van der Waals surface area contributed by atoms with Crippen molar-refractivity contribution in [3.05, 3.63) is 29.4 Å². The Morgan fingerprint density at radius 2 is 2.27 bits per heavy atom. The summed E-state index contributed by atoms with van der Waals surface area (Å²) in [6.45, 7) is 0. The van der Waals surface area contributed by atoms with Crippen LogP contribution in [0.4, 0.5) is 5.69 Å². The van der Waals surface area contributed by atoms with Gasteiger partial charge in [-0.3, -0.25) is 5.10 Å². The van der Waals surface area contributed by atoms with E-state index in [2.05, 4.69) is 10.2 Å². The number of halogens is 1. The van der Waals surface area contributed by atoms with Crippen molar-refractivity contribution >= 4 is 17.3 Å². The number of para-hydroxylation sites is 1. The lowest BCUT2D eigenvalue weighted by Crippen LogP contribution is -1.92. The highest BCUT2D eigenvalue weighted by Gasteiger charge is 2.12. The van der Waals surface area contributed by atoms with E-state index in [9.17, 15) is 0 Å². The van der Waals surface area contributed by atoms with E-state index >= 15 is 0 Å². The Bertz CT molecular complexity index is 481. The molecule has 5 heteroatoms. The van der Waals surface area contributed by atoms with Gasteiger partial charge in [0.2, 0.25) is 0 Å². The Hall–Kier alpha value is -1.68. The molecule has 0 unspecified atom stereocenters. The minimum absolute atomic E-state index is 0.545. The molecule has 0 aliphatic rings. The van der Waals surface area contributed by atoms with Gasteiger partial charge >= 0.3 is 0 Å². The van der Waals surface area contributed by atoms with Gasteiger partial charge in [0.25, 0.3) is 0 Å². The molecule has 78 valence electrons. The van der Waals surface area contributed by atoms with E-state index in [1.165, 1.54) is 0 Å². The average molecular weight is 224 g/mol. The number of hydrogen-bond acceptors (Lipinski definition) is 3. The molecule has 4 nitrogen and oxygen atoms in total. The summed E-state index contributed by atoms with van der Waals surface area (Å²) in [4.78, 5) is 0. The number of aromatic amines is 1. The second kappa shape index (κ2) is 3.82. The first-order chi connectivity index (χ1) is 7.24. The van der Waals surface area contributed by atoms with Gasteiger partial charge in [-0.2, -0.15) is 5.10 Å². The van der Waals surface area contributed by atoms with Crippen molar-refractivity contribution in [2.45, 2.75) is 0 Å².